The highest BCUT2D eigenvalue weighted by Gasteiger charge is 2.23. The summed E-state index contributed by atoms with van der Waals surface area (Å²) in [6, 6.07) is 1.80. The van der Waals surface area contributed by atoms with Gasteiger partial charge in [0.1, 0.15) is 0 Å². The molecule has 1 aromatic heterocycles. The van der Waals surface area contributed by atoms with Gasteiger partial charge in [0.05, 0.1) is 3.79 Å². The molecule has 0 amide bonds. The standard InChI is InChI=1S/C8H12BrNO4S3/c1-10(4-7-3-8(9)15-5-7)17(13,14)6-16(2,11)12/h3,5H,4,6H2,1-2H3. The molecule has 0 aliphatic rings. The van der Waals surface area contributed by atoms with Gasteiger partial charge in [0.25, 0.3) is 0 Å². The average molecular weight is 362 g/mol. The molecule has 0 aliphatic carbocycles. The van der Waals surface area contributed by atoms with Crippen LogP contribution in [0.25, 0.3) is 0 Å². The second-order valence-electron chi connectivity index (χ2n) is 3.67. The molecule has 0 saturated heterocycles. The van der Waals surface area contributed by atoms with Crippen LogP contribution in [0, 0.1) is 0 Å². The summed E-state index contributed by atoms with van der Waals surface area (Å²) in [5, 5.41) is 0.957. The Morgan fingerprint density at radius 2 is 1.94 bits per heavy atom. The fourth-order valence-corrected chi connectivity index (χ4v) is 5.57. The third-order valence-corrected chi connectivity index (χ3v) is 7.40. The second kappa shape index (κ2) is 5.35. The number of nitrogens with zero attached hydrogens (tertiary/aromatic N) is 1. The fraction of sp³-hybridized carbons (Fsp3) is 0.500. The van der Waals surface area contributed by atoms with E-state index in [0.29, 0.717) is 0 Å². The van der Waals surface area contributed by atoms with E-state index in [9.17, 15) is 16.8 Å². The molecular weight excluding hydrogens is 350 g/mol. The quantitative estimate of drug-likeness (QED) is 0.791. The van der Waals surface area contributed by atoms with E-state index in [-0.39, 0.29) is 6.54 Å². The normalized spacial score (nSPS) is 13.2. The summed E-state index contributed by atoms with van der Waals surface area (Å²) in [7, 11) is -5.96. The van der Waals surface area contributed by atoms with Crippen LogP contribution >= 0.6 is 27.3 Å². The average Bonchev–Trinajstić information content (AvgIpc) is 2.46. The zero-order valence-electron chi connectivity index (χ0n) is 9.25. The van der Waals surface area contributed by atoms with E-state index in [1.807, 2.05) is 5.38 Å². The molecule has 5 nitrogen and oxygen atoms in total. The molecule has 0 radical (unpaired) electrons. The third kappa shape index (κ3) is 5.04. The van der Waals surface area contributed by atoms with Crippen molar-refractivity contribution >= 4 is 47.1 Å². The third-order valence-electron chi connectivity index (χ3n) is 1.86. The van der Waals surface area contributed by atoms with E-state index in [1.165, 1.54) is 18.4 Å². The van der Waals surface area contributed by atoms with Crippen LogP contribution in [-0.4, -0.2) is 39.5 Å². The molecule has 17 heavy (non-hydrogen) atoms. The summed E-state index contributed by atoms with van der Waals surface area (Å²) in [4.78, 5) is 0. The van der Waals surface area contributed by atoms with Crippen molar-refractivity contribution in [2.45, 2.75) is 6.54 Å². The minimum Gasteiger partial charge on any atom is -0.228 e. The molecule has 9 heteroatoms. The first-order valence-corrected chi connectivity index (χ1v) is 9.79. The van der Waals surface area contributed by atoms with Crippen molar-refractivity contribution in [3.8, 4) is 0 Å². The Hall–Kier alpha value is 0.0400. The zero-order valence-corrected chi connectivity index (χ0v) is 13.3. The van der Waals surface area contributed by atoms with Gasteiger partial charge in [-0.3, -0.25) is 0 Å². The summed E-state index contributed by atoms with van der Waals surface area (Å²) in [5.41, 5.74) is 0.821. The maximum atomic E-state index is 11.7. The van der Waals surface area contributed by atoms with Crippen molar-refractivity contribution in [1.29, 1.82) is 0 Å². The van der Waals surface area contributed by atoms with Gasteiger partial charge in [0, 0.05) is 19.8 Å². The number of hydrogen-bond acceptors (Lipinski definition) is 5. The number of hydrogen-bond donors (Lipinski definition) is 0. The summed E-state index contributed by atoms with van der Waals surface area (Å²) < 4.78 is 47.3. The molecule has 1 heterocycles. The largest absolute Gasteiger partial charge is 0.228 e. The van der Waals surface area contributed by atoms with E-state index in [0.717, 1.165) is 19.9 Å². The summed E-state index contributed by atoms with van der Waals surface area (Å²) in [5.74, 6) is 0. The first kappa shape index (κ1) is 15.1. The van der Waals surface area contributed by atoms with Crippen LogP contribution in [0.4, 0.5) is 0 Å². The Labute approximate surface area is 114 Å². The lowest BCUT2D eigenvalue weighted by atomic mass is 10.3. The number of sulfone groups is 1. The van der Waals surface area contributed by atoms with Gasteiger partial charge in [-0.2, -0.15) is 4.31 Å². The van der Waals surface area contributed by atoms with Crippen molar-refractivity contribution in [1.82, 2.24) is 4.31 Å². The van der Waals surface area contributed by atoms with Crippen molar-refractivity contribution in [2.24, 2.45) is 0 Å². The van der Waals surface area contributed by atoms with Crippen molar-refractivity contribution < 1.29 is 16.8 Å². The molecule has 0 atom stereocenters. The molecule has 98 valence electrons. The van der Waals surface area contributed by atoms with Crippen LogP contribution in [0.2, 0.25) is 0 Å². The molecule has 0 spiro atoms. The predicted molar refractivity (Wildman–Crippen MR) is 72.1 cm³/mol. The molecular formula is C8H12BrNO4S3. The Bertz CT molecular complexity index is 590. The van der Waals surface area contributed by atoms with Gasteiger partial charge in [-0.1, -0.05) is 0 Å². The highest BCUT2D eigenvalue weighted by molar-refractivity contribution is 9.11. The lowest BCUT2D eigenvalue weighted by Gasteiger charge is -2.15. The minimum absolute atomic E-state index is 0.167. The van der Waals surface area contributed by atoms with E-state index < -0.39 is 24.9 Å². The predicted octanol–water partition coefficient (Wildman–Crippen LogP) is 1.27. The van der Waals surface area contributed by atoms with Gasteiger partial charge in [-0.05, 0) is 32.9 Å². The number of rotatable bonds is 5. The van der Waals surface area contributed by atoms with Crippen molar-refractivity contribution in [2.75, 3.05) is 18.4 Å². The van der Waals surface area contributed by atoms with Crippen LogP contribution in [-0.2, 0) is 26.4 Å². The maximum Gasteiger partial charge on any atom is 0.228 e. The van der Waals surface area contributed by atoms with E-state index >= 15 is 0 Å². The molecule has 0 unspecified atom stereocenters. The van der Waals surface area contributed by atoms with E-state index in [2.05, 4.69) is 15.9 Å². The molecule has 0 bridgehead atoms. The number of thiophene rings is 1. The lowest BCUT2D eigenvalue weighted by molar-refractivity contribution is 0.470. The number of sulfonamides is 1. The first-order chi connectivity index (χ1) is 7.60. The van der Waals surface area contributed by atoms with E-state index in [4.69, 9.17) is 0 Å². The Morgan fingerprint density at radius 3 is 2.35 bits per heavy atom. The van der Waals surface area contributed by atoms with Gasteiger partial charge in [-0.15, -0.1) is 11.3 Å². The SMILES string of the molecule is CN(Cc1csc(Br)c1)S(=O)(=O)CS(C)(=O)=O. The van der Waals surface area contributed by atoms with Crippen LogP contribution in [0.1, 0.15) is 5.56 Å². The number of halogens is 1. The van der Waals surface area contributed by atoms with Gasteiger partial charge < -0.3 is 0 Å². The van der Waals surface area contributed by atoms with Crippen LogP contribution in [0.15, 0.2) is 15.2 Å². The van der Waals surface area contributed by atoms with Gasteiger partial charge in [0.2, 0.25) is 10.0 Å². The molecule has 0 aliphatic heterocycles. The second-order valence-corrected chi connectivity index (χ2v) is 10.5. The monoisotopic (exact) mass is 361 g/mol. The Kier molecular flexibility index (Phi) is 4.75. The van der Waals surface area contributed by atoms with Crippen LogP contribution in [0.5, 0.6) is 0 Å². The van der Waals surface area contributed by atoms with Crippen LogP contribution < -0.4 is 0 Å². The molecule has 0 aromatic carbocycles. The van der Waals surface area contributed by atoms with Crippen LogP contribution in [0.3, 0.4) is 0 Å². The molecule has 0 N–H and O–H groups in total. The molecule has 0 fully saturated rings. The minimum atomic E-state index is -3.77. The summed E-state index contributed by atoms with van der Waals surface area (Å²) in [6.07, 6.45) is 0.902. The Morgan fingerprint density at radius 1 is 1.35 bits per heavy atom. The van der Waals surface area contributed by atoms with Gasteiger partial charge >= 0.3 is 0 Å². The fourth-order valence-electron chi connectivity index (χ4n) is 1.14. The maximum absolute atomic E-state index is 11.7. The highest BCUT2D eigenvalue weighted by Crippen LogP contribution is 2.22. The van der Waals surface area contributed by atoms with E-state index in [1.54, 1.807) is 6.07 Å². The molecule has 0 saturated carbocycles. The van der Waals surface area contributed by atoms with Gasteiger partial charge in [0.15, 0.2) is 14.9 Å². The molecule has 1 aromatic rings. The Balaban J connectivity index is 2.80. The summed E-state index contributed by atoms with van der Waals surface area (Å²) >= 11 is 4.72. The van der Waals surface area contributed by atoms with Crippen molar-refractivity contribution in [3.05, 3.63) is 20.8 Å². The lowest BCUT2D eigenvalue weighted by Crippen LogP contribution is -2.31. The van der Waals surface area contributed by atoms with Gasteiger partial charge in [-0.25, -0.2) is 16.8 Å². The highest BCUT2D eigenvalue weighted by atomic mass is 79.9. The summed E-state index contributed by atoms with van der Waals surface area (Å²) in [6.45, 7) is 0.167. The smallest absolute Gasteiger partial charge is 0.228 e. The molecule has 1 rings (SSSR count). The first-order valence-electron chi connectivity index (χ1n) is 4.45. The topological polar surface area (TPSA) is 71.5 Å². The van der Waals surface area contributed by atoms with Crippen molar-refractivity contribution in [3.63, 3.8) is 0 Å². The zero-order chi connectivity index (χ0) is 13.3.